The number of hydrogen-bond acceptors (Lipinski definition) is 3. The van der Waals surface area contributed by atoms with Crippen LogP contribution in [-0.2, 0) is 5.41 Å². The summed E-state index contributed by atoms with van der Waals surface area (Å²) in [6, 6.07) is 10.0. The van der Waals surface area contributed by atoms with Crippen molar-refractivity contribution in [3.8, 4) is 5.69 Å². The highest BCUT2D eigenvalue weighted by Crippen LogP contribution is 2.31. The number of benzene rings is 1. The molecule has 2 aromatic rings. The number of nitrogens with two attached hydrogens (primary N) is 1. The maximum Gasteiger partial charge on any atom is 0.257 e. The standard InChI is InChI=1S/C21H30N4O.ClH/c1-20(2,3)18-16(13-25(23-18)15-9-7-6-8-10-15)19(26)24-12-11-17(22)21(4,5)14-24;/h6-10,13,17H,11-12,14,22H2,1-5H3;1H. The van der Waals surface area contributed by atoms with E-state index < -0.39 is 0 Å². The van der Waals surface area contributed by atoms with Crippen molar-refractivity contribution in [2.75, 3.05) is 13.1 Å². The second-order valence-corrected chi connectivity index (χ2v) is 9.03. The Balaban J connectivity index is 0.00000261. The molecule has 2 N–H and O–H groups in total. The first-order chi connectivity index (χ1) is 12.1. The highest BCUT2D eigenvalue weighted by molar-refractivity contribution is 5.95. The van der Waals surface area contributed by atoms with Crippen molar-refractivity contribution in [1.29, 1.82) is 0 Å². The molecule has 1 aliphatic heterocycles. The van der Waals surface area contributed by atoms with E-state index in [0.717, 1.165) is 17.8 Å². The van der Waals surface area contributed by atoms with Gasteiger partial charge in [0.15, 0.2) is 0 Å². The fourth-order valence-corrected chi connectivity index (χ4v) is 3.51. The van der Waals surface area contributed by atoms with Crippen LogP contribution in [0.25, 0.3) is 5.69 Å². The van der Waals surface area contributed by atoms with E-state index in [2.05, 4.69) is 34.6 Å². The van der Waals surface area contributed by atoms with Crippen LogP contribution in [0.5, 0.6) is 0 Å². The van der Waals surface area contributed by atoms with Gasteiger partial charge in [-0.3, -0.25) is 4.79 Å². The Kier molecular flexibility index (Phi) is 6.07. The van der Waals surface area contributed by atoms with Crippen molar-refractivity contribution in [2.24, 2.45) is 11.1 Å². The molecule has 148 valence electrons. The van der Waals surface area contributed by atoms with Gasteiger partial charge in [0.1, 0.15) is 0 Å². The second-order valence-electron chi connectivity index (χ2n) is 9.03. The molecule has 2 heterocycles. The lowest BCUT2D eigenvalue weighted by Crippen LogP contribution is -2.54. The minimum atomic E-state index is -0.216. The van der Waals surface area contributed by atoms with Crippen LogP contribution in [-0.4, -0.2) is 39.7 Å². The van der Waals surface area contributed by atoms with Crippen LogP contribution in [0.3, 0.4) is 0 Å². The number of piperidine rings is 1. The Morgan fingerprint density at radius 1 is 1.22 bits per heavy atom. The molecular weight excluding hydrogens is 360 g/mol. The van der Waals surface area contributed by atoms with Gasteiger partial charge in [-0.25, -0.2) is 4.68 Å². The summed E-state index contributed by atoms with van der Waals surface area (Å²) in [6.45, 7) is 11.9. The zero-order valence-corrected chi connectivity index (χ0v) is 17.7. The molecule has 1 amide bonds. The van der Waals surface area contributed by atoms with E-state index in [9.17, 15) is 4.79 Å². The lowest BCUT2D eigenvalue weighted by atomic mass is 9.79. The highest BCUT2D eigenvalue weighted by atomic mass is 35.5. The van der Waals surface area contributed by atoms with Crippen molar-refractivity contribution in [3.05, 3.63) is 47.8 Å². The summed E-state index contributed by atoms with van der Waals surface area (Å²) in [6.07, 6.45) is 2.70. The van der Waals surface area contributed by atoms with Crippen LogP contribution in [0.2, 0.25) is 0 Å². The summed E-state index contributed by atoms with van der Waals surface area (Å²) < 4.78 is 1.81. The molecule has 3 rings (SSSR count). The molecule has 0 radical (unpaired) electrons. The van der Waals surface area contributed by atoms with Gasteiger partial charge in [-0.1, -0.05) is 52.8 Å². The Morgan fingerprint density at radius 2 is 1.85 bits per heavy atom. The normalized spacial score (nSPS) is 19.5. The van der Waals surface area contributed by atoms with Gasteiger partial charge >= 0.3 is 0 Å². The molecule has 1 fully saturated rings. The minimum absolute atomic E-state index is 0. The smallest absolute Gasteiger partial charge is 0.257 e. The van der Waals surface area contributed by atoms with Gasteiger partial charge in [0.25, 0.3) is 5.91 Å². The average Bonchev–Trinajstić information content (AvgIpc) is 3.03. The first-order valence-electron chi connectivity index (χ1n) is 9.30. The number of para-hydroxylation sites is 1. The maximum absolute atomic E-state index is 13.3. The van der Waals surface area contributed by atoms with E-state index >= 15 is 0 Å². The monoisotopic (exact) mass is 390 g/mol. The van der Waals surface area contributed by atoms with Gasteiger partial charge < -0.3 is 10.6 Å². The Labute approximate surface area is 168 Å². The SMILES string of the molecule is CC(C)(C)c1nn(-c2ccccc2)cc1C(=O)N1CCC(N)C(C)(C)C1.Cl. The Bertz CT molecular complexity index is 792. The third kappa shape index (κ3) is 4.36. The molecule has 1 aromatic heterocycles. The maximum atomic E-state index is 13.3. The lowest BCUT2D eigenvalue weighted by Gasteiger charge is -2.42. The minimum Gasteiger partial charge on any atom is -0.338 e. The lowest BCUT2D eigenvalue weighted by molar-refractivity contribution is 0.0530. The number of aromatic nitrogens is 2. The second kappa shape index (κ2) is 7.64. The summed E-state index contributed by atoms with van der Waals surface area (Å²) in [5.74, 6) is 0.0529. The molecule has 5 nitrogen and oxygen atoms in total. The zero-order chi connectivity index (χ0) is 19.1. The molecule has 6 heteroatoms. The Morgan fingerprint density at radius 3 is 2.41 bits per heavy atom. The number of hydrogen-bond donors (Lipinski definition) is 1. The number of carbonyl (C=O) groups is 1. The summed E-state index contributed by atoms with van der Waals surface area (Å²) in [5, 5.41) is 4.76. The first-order valence-corrected chi connectivity index (χ1v) is 9.30. The number of rotatable bonds is 2. The molecule has 27 heavy (non-hydrogen) atoms. The fraction of sp³-hybridized carbons (Fsp3) is 0.524. The molecule has 1 saturated heterocycles. The predicted octanol–water partition coefficient (Wildman–Crippen LogP) is 3.79. The molecule has 0 bridgehead atoms. The number of halogens is 1. The topological polar surface area (TPSA) is 64.2 Å². The fourth-order valence-electron chi connectivity index (χ4n) is 3.51. The summed E-state index contributed by atoms with van der Waals surface area (Å²) in [7, 11) is 0. The molecule has 1 atom stereocenters. The number of carbonyl (C=O) groups excluding carboxylic acids is 1. The molecule has 1 unspecified atom stereocenters. The molecule has 1 aliphatic rings. The third-order valence-electron chi connectivity index (χ3n) is 5.28. The van der Waals surface area contributed by atoms with Gasteiger partial charge in [-0.05, 0) is 24.0 Å². The molecule has 0 aliphatic carbocycles. The largest absolute Gasteiger partial charge is 0.338 e. The van der Waals surface area contributed by atoms with Crippen molar-refractivity contribution in [3.63, 3.8) is 0 Å². The molecule has 0 spiro atoms. The Hall–Kier alpha value is -1.85. The van der Waals surface area contributed by atoms with Crippen molar-refractivity contribution in [1.82, 2.24) is 14.7 Å². The van der Waals surface area contributed by atoms with Crippen LogP contribution < -0.4 is 5.73 Å². The zero-order valence-electron chi connectivity index (χ0n) is 16.9. The third-order valence-corrected chi connectivity index (χ3v) is 5.28. The van der Waals surface area contributed by atoms with E-state index in [-0.39, 0.29) is 35.2 Å². The number of nitrogens with zero attached hydrogens (tertiary/aromatic N) is 3. The van der Waals surface area contributed by atoms with E-state index in [0.29, 0.717) is 18.7 Å². The molecular formula is C21H31ClN4O. The van der Waals surface area contributed by atoms with Gasteiger partial charge in [-0.15, -0.1) is 12.4 Å². The van der Waals surface area contributed by atoms with Crippen molar-refractivity contribution < 1.29 is 4.79 Å². The van der Waals surface area contributed by atoms with Gasteiger partial charge in [0.05, 0.1) is 16.9 Å². The van der Waals surface area contributed by atoms with Crippen LogP contribution in [0.1, 0.15) is 57.1 Å². The van der Waals surface area contributed by atoms with E-state index in [1.807, 2.05) is 46.1 Å². The van der Waals surface area contributed by atoms with E-state index in [1.54, 1.807) is 0 Å². The summed E-state index contributed by atoms with van der Waals surface area (Å²) in [4.78, 5) is 15.3. The summed E-state index contributed by atoms with van der Waals surface area (Å²) in [5.41, 5.74) is 8.42. The molecule has 1 aromatic carbocycles. The predicted molar refractivity (Wildman–Crippen MR) is 112 cm³/mol. The number of amides is 1. The van der Waals surface area contributed by atoms with Crippen LogP contribution in [0.4, 0.5) is 0 Å². The van der Waals surface area contributed by atoms with Crippen LogP contribution in [0.15, 0.2) is 36.5 Å². The van der Waals surface area contributed by atoms with Gasteiger partial charge in [-0.2, -0.15) is 5.10 Å². The average molecular weight is 391 g/mol. The van der Waals surface area contributed by atoms with Crippen molar-refractivity contribution >= 4 is 18.3 Å². The molecule has 0 saturated carbocycles. The van der Waals surface area contributed by atoms with E-state index in [1.165, 1.54) is 0 Å². The van der Waals surface area contributed by atoms with Crippen LogP contribution >= 0.6 is 12.4 Å². The summed E-state index contributed by atoms with van der Waals surface area (Å²) >= 11 is 0. The van der Waals surface area contributed by atoms with Gasteiger partial charge in [0, 0.05) is 30.7 Å². The first kappa shape index (κ1) is 21.5. The van der Waals surface area contributed by atoms with E-state index in [4.69, 9.17) is 10.8 Å². The van der Waals surface area contributed by atoms with Gasteiger partial charge in [0.2, 0.25) is 0 Å². The van der Waals surface area contributed by atoms with Crippen LogP contribution in [0, 0.1) is 5.41 Å². The van der Waals surface area contributed by atoms with Crippen molar-refractivity contribution in [2.45, 2.75) is 52.5 Å². The highest BCUT2D eigenvalue weighted by Gasteiger charge is 2.37. The number of likely N-dealkylation sites (tertiary alicyclic amines) is 1. The quantitative estimate of drug-likeness (QED) is 0.848.